The van der Waals surface area contributed by atoms with E-state index in [0.717, 1.165) is 57.1 Å². The summed E-state index contributed by atoms with van der Waals surface area (Å²) in [6.07, 6.45) is 6.67. The molecule has 2 aromatic rings. The van der Waals surface area contributed by atoms with Gasteiger partial charge in [0.05, 0.1) is 16.8 Å². The van der Waals surface area contributed by atoms with Gasteiger partial charge in [0.15, 0.2) is 0 Å². The highest BCUT2D eigenvalue weighted by molar-refractivity contribution is 7.09. The summed E-state index contributed by atoms with van der Waals surface area (Å²) < 4.78 is 6.24. The van der Waals surface area contributed by atoms with Crippen molar-refractivity contribution in [1.29, 1.82) is 0 Å². The van der Waals surface area contributed by atoms with E-state index in [1.165, 1.54) is 4.88 Å². The number of thiazole rings is 1. The Morgan fingerprint density at radius 3 is 3.04 bits per heavy atom. The Labute approximate surface area is 146 Å². The van der Waals surface area contributed by atoms with Crippen LogP contribution < -0.4 is 5.32 Å². The first-order valence-corrected chi connectivity index (χ1v) is 9.39. The summed E-state index contributed by atoms with van der Waals surface area (Å²) in [5.41, 5.74) is 3.07. The molecule has 0 bridgehead atoms. The molecule has 2 aliphatic rings. The minimum Gasteiger partial charge on any atom is -0.373 e. The zero-order chi connectivity index (χ0) is 16.4. The highest BCUT2D eigenvalue weighted by atomic mass is 32.1. The number of ether oxygens (including phenoxy) is 1. The molecular formula is C17H23N5OS. The Bertz CT molecular complexity index is 679. The van der Waals surface area contributed by atoms with Gasteiger partial charge in [-0.2, -0.15) is 0 Å². The molecule has 4 heterocycles. The number of rotatable bonds is 4. The second-order valence-corrected chi connectivity index (χ2v) is 7.70. The Morgan fingerprint density at radius 1 is 1.38 bits per heavy atom. The Kier molecular flexibility index (Phi) is 4.47. The summed E-state index contributed by atoms with van der Waals surface area (Å²) in [4.78, 5) is 16.8. The SMILES string of the molecule is Cc1ncsc1CN1CC[C@@]2(C[C@H](Nc3ncccn3)CCO2)C1. The van der Waals surface area contributed by atoms with Crippen molar-refractivity contribution in [1.82, 2.24) is 19.9 Å². The molecule has 0 radical (unpaired) electrons. The predicted octanol–water partition coefficient (Wildman–Crippen LogP) is 2.48. The summed E-state index contributed by atoms with van der Waals surface area (Å²) in [7, 11) is 0. The van der Waals surface area contributed by atoms with Crippen molar-refractivity contribution in [3.63, 3.8) is 0 Å². The van der Waals surface area contributed by atoms with Gasteiger partial charge in [0, 0.05) is 49.6 Å². The lowest BCUT2D eigenvalue weighted by molar-refractivity contribution is -0.0737. The van der Waals surface area contributed by atoms with Gasteiger partial charge in [-0.3, -0.25) is 4.90 Å². The average molecular weight is 345 g/mol. The van der Waals surface area contributed by atoms with Crippen LogP contribution in [0.4, 0.5) is 5.95 Å². The van der Waals surface area contributed by atoms with E-state index in [2.05, 4.69) is 32.1 Å². The molecule has 2 aliphatic heterocycles. The van der Waals surface area contributed by atoms with Crippen molar-refractivity contribution in [3.05, 3.63) is 34.5 Å². The number of hydrogen-bond donors (Lipinski definition) is 1. The lowest BCUT2D eigenvalue weighted by Crippen LogP contribution is -2.46. The summed E-state index contributed by atoms with van der Waals surface area (Å²) >= 11 is 1.75. The van der Waals surface area contributed by atoms with Crippen molar-refractivity contribution in [3.8, 4) is 0 Å². The molecule has 0 amide bonds. The maximum absolute atomic E-state index is 6.24. The number of nitrogens with one attached hydrogen (secondary N) is 1. The van der Waals surface area contributed by atoms with E-state index in [1.807, 2.05) is 11.6 Å². The normalized spacial score (nSPS) is 27.6. The molecular weight excluding hydrogens is 322 g/mol. The molecule has 7 heteroatoms. The van der Waals surface area contributed by atoms with E-state index in [9.17, 15) is 0 Å². The molecule has 6 nitrogen and oxygen atoms in total. The number of aromatic nitrogens is 3. The van der Waals surface area contributed by atoms with Crippen molar-refractivity contribution < 1.29 is 4.74 Å². The largest absolute Gasteiger partial charge is 0.373 e. The zero-order valence-corrected chi connectivity index (χ0v) is 14.8. The topological polar surface area (TPSA) is 63.2 Å². The molecule has 1 spiro atoms. The van der Waals surface area contributed by atoms with Gasteiger partial charge in [0.2, 0.25) is 5.95 Å². The van der Waals surface area contributed by atoms with Gasteiger partial charge in [-0.1, -0.05) is 0 Å². The van der Waals surface area contributed by atoms with E-state index in [1.54, 1.807) is 23.7 Å². The Morgan fingerprint density at radius 2 is 2.25 bits per heavy atom. The van der Waals surface area contributed by atoms with Crippen LogP contribution in [-0.4, -0.2) is 51.2 Å². The van der Waals surface area contributed by atoms with Crippen LogP contribution >= 0.6 is 11.3 Å². The minimum absolute atomic E-state index is 0.0245. The second-order valence-electron chi connectivity index (χ2n) is 6.76. The number of nitrogens with zero attached hydrogens (tertiary/aromatic N) is 4. The van der Waals surface area contributed by atoms with Gasteiger partial charge in [0.25, 0.3) is 0 Å². The molecule has 128 valence electrons. The third kappa shape index (κ3) is 3.43. The maximum atomic E-state index is 6.24. The van der Waals surface area contributed by atoms with E-state index in [-0.39, 0.29) is 5.60 Å². The molecule has 24 heavy (non-hydrogen) atoms. The molecule has 0 aromatic carbocycles. The van der Waals surface area contributed by atoms with E-state index in [0.29, 0.717) is 6.04 Å². The first kappa shape index (κ1) is 15.9. The molecule has 0 aliphatic carbocycles. The summed E-state index contributed by atoms with van der Waals surface area (Å²) in [5.74, 6) is 0.717. The third-order valence-electron chi connectivity index (χ3n) is 5.00. The Balaban J connectivity index is 1.38. The van der Waals surface area contributed by atoms with E-state index in [4.69, 9.17) is 4.74 Å². The molecule has 1 N–H and O–H groups in total. The smallest absolute Gasteiger partial charge is 0.222 e. The molecule has 0 unspecified atom stereocenters. The lowest BCUT2D eigenvalue weighted by Gasteiger charge is -2.38. The fourth-order valence-electron chi connectivity index (χ4n) is 3.74. The average Bonchev–Trinajstić information content (AvgIpc) is 3.16. The van der Waals surface area contributed by atoms with E-state index < -0.39 is 0 Å². The molecule has 2 fully saturated rings. The zero-order valence-electron chi connectivity index (χ0n) is 13.9. The van der Waals surface area contributed by atoms with Gasteiger partial charge < -0.3 is 10.1 Å². The molecule has 0 saturated carbocycles. The number of likely N-dealkylation sites (tertiary alicyclic amines) is 1. The van der Waals surface area contributed by atoms with Crippen LogP contribution in [0.15, 0.2) is 24.0 Å². The van der Waals surface area contributed by atoms with Gasteiger partial charge in [-0.15, -0.1) is 11.3 Å². The minimum atomic E-state index is -0.0245. The van der Waals surface area contributed by atoms with Crippen LogP contribution in [0.25, 0.3) is 0 Å². The molecule has 2 atom stereocenters. The highest BCUT2D eigenvalue weighted by Crippen LogP contribution is 2.36. The fourth-order valence-corrected chi connectivity index (χ4v) is 4.55. The predicted molar refractivity (Wildman–Crippen MR) is 94.1 cm³/mol. The van der Waals surface area contributed by atoms with Gasteiger partial charge in [0.1, 0.15) is 0 Å². The quantitative estimate of drug-likeness (QED) is 0.918. The summed E-state index contributed by atoms with van der Waals surface area (Å²) in [5, 5.41) is 3.47. The second kappa shape index (κ2) is 6.74. The standard InChI is InChI=1S/C17H23N5OS/c1-13-15(24-12-20-13)10-22-7-4-17(11-22)9-14(3-8-23-17)21-16-18-5-2-6-19-16/h2,5-6,12,14H,3-4,7-11H2,1H3,(H,18,19,21)/t14-,17-/m1/s1. The summed E-state index contributed by atoms with van der Waals surface area (Å²) in [6.45, 7) is 5.97. The maximum Gasteiger partial charge on any atom is 0.222 e. The number of anilines is 1. The fraction of sp³-hybridized carbons (Fsp3) is 0.588. The van der Waals surface area contributed by atoms with Crippen molar-refractivity contribution in [2.45, 2.75) is 44.4 Å². The van der Waals surface area contributed by atoms with Crippen LogP contribution in [0.1, 0.15) is 29.8 Å². The number of aryl methyl sites for hydroxylation is 1. The monoisotopic (exact) mass is 345 g/mol. The van der Waals surface area contributed by atoms with Crippen LogP contribution in [0.2, 0.25) is 0 Å². The van der Waals surface area contributed by atoms with Crippen LogP contribution in [0, 0.1) is 6.92 Å². The Hall–Kier alpha value is -1.57. The van der Waals surface area contributed by atoms with Crippen molar-refractivity contribution >= 4 is 17.3 Å². The lowest BCUT2D eigenvalue weighted by atomic mass is 9.89. The molecule has 2 saturated heterocycles. The van der Waals surface area contributed by atoms with Crippen LogP contribution in [0.3, 0.4) is 0 Å². The van der Waals surface area contributed by atoms with Crippen molar-refractivity contribution in [2.24, 2.45) is 0 Å². The summed E-state index contributed by atoms with van der Waals surface area (Å²) in [6, 6.07) is 2.22. The van der Waals surface area contributed by atoms with Crippen molar-refractivity contribution in [2.75, 3.05) is 25.0 Å². The number of hydrogen-bond acceptors (Lipinski definition) is 7. The van der Waals surface area contributed by atoms with Gasteiger partial charge in [-0.05, 0) is 32.3 Å². The highest BCUT2D eigenvalue weighted by Gasteiger charge is 2.43. The van der Waals surface area contributed by atoms with Gasteiger partial charge in [-0.25, -0.2) is 15.0 Å². The third-order valence-corrected chi connectivity index (χ3v) is 5.92. The van der Waals surface area contributed by atoms with Gasteiger partial charge >= 0.3 is 0 Å². The van der Waals surface area contributed by atoms with Crippen LogP contribution in [-0.2, 0) is 11.3 Å². The van der Waals surface area contributed by atoms with Crippen LogP contribution in [0.5, 0.6) is 0 Å². The first-order valence-electron chi connectivity index (χ1n) is 8.51. The molecule has 4 rings (SSSR count). The molecule has 2 aromatic heterocycles. The first-order chi connectivity index (χ1) is 11.7. The van der Waals surface area contributed by atoms with E-state index >= 15 is 0 Å².